The van der Waals surface area contributed by atoms with Crippen LogP contribution in [0.4, 0.5) is 0 Å². The molecule has 13 aromatic rings. The standard InChI is InChI=1S/C57H35N5O/c1-4-15-36(16-5-1)37-27-29-39(30-28-37)56-58-55(38-17-6-2-7-18-38)59-57(60-56)47-24-14-23-44-45-32-33-46-48-35-41(61-49-25-12-10-21-42(49)43-22-11-13-26-50(43)61)31-34-51(48)63-54(46)53(45)62(52(44)47)40-19-8-3-9-20-40/h1-35H. The third kappa shape index (κ3) is 5.55. The monoisotopic (exact) mass is 805 g/mol. The van der Waals surface area contributed by atoms with Gasteiger partial charge in [0.1, 0.15) is 5.58 Å². The van der Waals surface area contributed by atoms with Gasteiger partial charge in [-0.1, -0.05) is 158 Å². The van der Waals surface area contributed by atoms with Gasteiger partial charge in [-0.3, -0.25) is 0 Å². The third-order valence-corrected chi connectivity index (χ3v) is 12.4. The first-order chi connectivity index (χ1) is 31.2. The van der Waals surface area contributed by atoms with Crippen LogP contribution in [0.15, 0.2) is 217 Å². The summed E-state index contributed by atoms with van der Waals surface area (Å²) < 4.78 is 11.7. The van der Waals surface area contributed by atoms with Crippen molar-refractivity contribution in [3.05, 3.63) is 212 Å². The van der Waals surface area contributed by atoms with Gasteiger partial charge in [-0.25, -0.2) is 15.0 Å². The molecule has 63 heavy (non-hydrogen) atoms. The molecule has 0 unspecified atom stereocenters. The normalized spacial score (nSPS) is 11.8. The molecule has 4 aromatic heterocycles. The van der Waals surface area contributed by atoms with Crippen LogP contribution in [-0.4, -0.2) is 24.1 Å². The van der Waals surface area contributed by atoms with E-state index in [1.807, 2.05) is 36.4 Å². The van der Waals surface area contributed by atoms with Crippen molar-refractivity contribution in [1.29, 1.82) is 0 Å². The van der Waals surface area contributed by atoms with Crippen molar-refractivity contribution in [2.75, 3.05) is 0 Å². The summed E-state index contributed by atoms with van der Waals surface area (Å²) >= 11 is 0. The maximum absolute atomic E-state index is 6.97. The fraction of sp³-hybridized carbons (Fsp3) is 0. The van der Waals surface area contributed by atoms with E-state index >= 15 is 0 Å². The first-order valence-electron chi connectivity index (χ1n) is 21.2. The zero-order valence-corrected chi connectivity index (χ0v) is 33.9. The molecule has 0 amide bonds. The highest BCUT2D eigenvalue weighted by Crippen LogP contribution is 2.44. The molecule has 6 nitrogen and oxygen atoms in total. The Bertz CT molecular complexity index is 3830. The lowest BCUT2D eigenvalue weighted by molar-refractivity contribution is 0.671. The smallest absolute Gasteiger partial charge is 0.166 e. The molecule has 0 N–H and O–H groups in total. The van der Waals surface area contributed by atoms with E-state index in [0.29, 0.717) is 17.5 Å². The zero-order chi connectivity index (χ0) is 41.4. The van der Waals surface area contributed by atoms with Crippen molar-refractivity contribution in [3.8, 4) is 56.7 Å². The van der Waals surface area contributed by atoms with Crippen LogP contribution in [0.1, 0.15) is 0 Å². The Hall–Kier alpha value is -8.61. The third-order valence-electron chi connectivity index (χ3n) is 12.4. The molecule has 0 aliphatic carbocycles. The molecule has 0 spiro atoms. The predicted octanol–water partition coefficient (Wildman–Crippen LogP) is 14.6. The minimum Gasteiger partial charge on any atom is -0.454 e. The van der Waals surface area contributed by atoms with Crippen molar-refractivity contribution < 1.29 is 4.42 Å². The second kappa shape index (κ2) is 14.0. The summed E-state index contributed by atoms with van der Waals surface area (Å²) in [6, 6.07) is 74.3. The number of para-hydroxylation sites is 4. The topological polar surface area (TPSA) is 61.7 Å². The number of nitrogens with zero attached hydrogens (tertiary/aromatic N) is 5. The Kier molecular flexibility index (Phi) is 7.80. The van der Waals surface area contributed by atoms with Crippen LogP contribution in [0.5, 0.6) is 0 Å². The average molecular weight is 806 g/mol. The number of fused-ring (bicyclic) bond motifs is 10. The van der Waals surface area contributed by atoms with Crippen LogP contribution in [-0.2, 0) is 0 Å². The number of rotatable bonds is 6. The fourth-order valence-electron chi connectivity index (χ4n) is 9.51. The summed E-state index contributed by atoms with van der Waals surface area (Å²) in [4.78, 5) is 15.6. The van der Waals surface area contributed by atoms with Crippen molar-refractivity contribution >= 4 is 65.6 Å². The summed E-state index contributed by atoms with van der Waals surface area (Å²) in [6.07, 6.45) is 0. The van der Waals surface area contributed by atoms with E-state index in [-0.39, 0.29) is 0 Å². The summed E-state index contributed by atoms with van der Waals surface area (Å²) in [6.45, 7) is 0. The van der Waals surface area contributed by atoms with Crippen LogP contribution in [0, 0.1) is 0 Å². The van der Waals surface area contributed by atoms with E-state index in [0.717, 1.165) is 82.9 Å². The number of benzene rings is 9. The molecule has 0 saturated heterocycles. The van der Waals surface area contributed by atoms with E-state index in [2.05, 4.69) is 185 Å². The van der Waals surface area contributed by atoms with E-state index in [1.54, 1.807) is 0 Å². The Labute approximate surface area is 361 Å². The molecule has 0 bridgehead atoms. The quantitative estimate of drug-likeness (QED) is 0.168. The SMILES string of the molecule is c1ccc(-c2ccc(-c3nc(-c4ccccc4)nc(-c4cccc5c6ccc7c8cc(-n9c%10ccccc%10c%10ccccc%109)ccc8oc7c6n(-c6ccccc6)c45)n3)cc2)cc1. The lowest BCUT2D eigenvalue weighted by Gasteiger charge is -2.13. The molecule has 0 aliphatic rings. The molecule has 0 saturated carbocycles. The molecule has 0 atom stereocenters. The van der Waals surface area contributed by atoms with Crippen molar-refractivity contribution in [2.24, 2.45) is 0 Å². The van der Waals surface area contributed by atoms with Gasteiger partial charge in [-0.2, -0.15) is 0 Å². The maximum Gasteiger partial charge on any atom is 0.166 e. The second-order valence-corrected chi connectivity index (χ2v) is 16.0. The highest BCUT2D eigenvalue weighted by molar-refractivity contribution is 6.23. The van der Waals surface area contributed by atoms with Gasteiger partial charge in [0, 0.05) is 60.4 Å². The Morgan fingerprint density at radius 1 is 0.317 bits per heavy atom. The summed E-state index contributed by atoms with van der Waals surface area (Å²) in [5.74, 6) is 1.81. The van der Waals surface area contributed by atoms with Crippen LogP contribution in [0.2, 0.25) is 0 Å². The number of hydrogen-bond acceptors (Lipinski definition) is 4. The maximum atomic E-state index is 6.97. The first kappa shape index (κ1) is 35.2. The first-order valence-corrected chi connectivity index (χ1v) is 21.2. The number of furan rings is 1. The summed E-state index contributed by atoms with van der Waals surface area (Å²) in [5.41, 5.74) is 13.1. The van der Waals surface area contributed by atoms with Gasteiger partial charge in [0.05, 0.1) is 22.1 Å². The Morgan fingerprint density at radius 2 is 0.841 bits per heavy atom. The lowest BCUT2D eigenvalue weighted by atomic mass is 10.0. The summed E-state index contributed by atoms with van der Waals surface area (Å²) in [7, 11) is 0. The van der Waals surface area contributed by atoms with E-state index in [4.69, 9.17) is 19.4 Å². The molecule has 4 heterocycles. The van der Waals surface area contributed by atoms with Crippen LogP contribution >= 0.6 is 0 Å². The van der Waals surface area contributed by atoms with Crippen LogP contribution in [0.25, 0.3) is 122 Å². The molecule has 6 heteroatoms. The van der Waals surface area contributed by atoms with Gasteiger partial charge >= 0.3 is 0 Å². The van der Waals surface area contributed by atoms with E-state index in [1.165, 1.54) is 21.8 Å². The van der Waals surface area contributed by atoms with Gasteiger partial charge in [0.2, 0.25) is 0 Å². The largest absolute Gasteiger partial charge is 0.454 e. The highest BCUT2D eigenvalue weighted by atomic mass is 16.3. The van der Waals surface area contributed by atoms with Crippen molar-refractivity contribution in [1.82, 2.24) is 24.1 Å². The molecule has 294 valence electrons. The minimum atomic E-state index is 0.591. The lowest BCUT2D eigenvalue weighted by Crippen LogP contribution is -2.02. The van der Waals surface area contributed by atoms with Crippen LogP contribution < -0.4 is 0 Å². The zero-order valence-electron chi connectivity index (χ0n) is 33.9. The number of hydrogen-bond donors (Lipinski definition) is 0. The molecule has 13 rings (SSSR count). The van der Waals surface area contributed by atoms with Gasteiger partial charge in [-0.05, 0) is 65.7 Å². The summed E-state index contributed by atoms with van der Waals surface area (Å²) in [5, 5.41) is 6.74. The predicted molar refractivity (Wildman–Crippen MR) is 258 cm³/mol. The molecular weight excluding hydrogens is 771 g/mol. The van der Waals surface area contributed by atoms with Crippen molar-refractivity contribution in [3.63, 3.8) is 0 Å². The van der Waals surface area contributed by atoms with Gasteiger partial charge in [-0.15, -0.1) is 0 Å². The van der Waals surface area contributed by atoms with E-state index in [9.17, 15) is 0 Å². The molecule has 0 fully saturated rings. The van der Waals surface area contributed by atoms with Crippen molar-refractivity contribution in [2.45, 2.75) is 0 Å². The molecule has 0 aliphatic heterocycles. The van der Waals surface area contributed by atoms with E-state index < -0.39 is 0 Å². The fourth-order valence-corrected chi connectivity index (χ4v) is 9.51. The minimum absolute atomic E-state index is 0.591. The second-order valence-electron chi connectivity index (χ2n) is 16.0. The average Bonchev–Trinajstić information content (AvgIpc) is 4.02. The Morgan fingerprint density at radius 3 is 1.54 bits per heavy atom. The van der Waals surface area contributed by atoms with Gasteiger partial charge < -0.3 is 13.6 Å². The molecule has 0 radical (unpaired) electrons. The van der Waals surface area contributed by atoms with Gasteiger partial charge in [0.15, 0.2) is 23.1 Å². The number of aromatic nitrogens is 5. The molecular formula is C57H35N5O. The van der Waals surface area contributed by atoms with Gasteiger partial charge in [0.25, 0.3) is 0 Å². The molecule has 9 aromatic carbocycles. The Balaban J connectivity index is 1.05. The van der Waals surface area contributed by atoms with Crippen LogP contribution in [0.3, 0.4) is 0 Å². The highest BCUT2D eigenvalue weighted by Gasteiger charge is 2.24.